The molecule has 0 radical (unpaired) electrons. The monoisotopic (exact) mass is 308 g/mol. The Labute approximate surface area is 139 Å². The molecule has 0 aliphatic heterocycles. The van der Waals surface area contributed by atoms with Gasteiger partial charge in [-0.25, -0.2) is 0 Å². The fourth-order valence-electron chi connectivity index (χ4n) is 3.80. The molecule has 1 aliphatic rings. The Hall–Kier alpha value is -0.330. The van der Waals surface area contributed by atoms with E-state index in [1.54, 1.807) is 0 Å². The number of rotatable bonds is 10. The van der Waals surface area contributed by atoms with Gasteiger partial charge in [0.1, 0.15) is 5.78 Å². The molecule has 0 saturated heterocycles. The molecule has 0 aromatic rings. The summed E-state index contributed by atoms with van der Waals surface area (Å²) in [4.78, 5) is 12.4. The fourth-order valence-corrected chi connectivity index (χ4v) is 3.80. The van der Waals surface area contributed by atoms with Gasteiger partial charge in [0.15, 0.2) is 0 Å². The van der Waals surface area contributed by atoms with Crippen molar-refractivity contribution in [3.8, 4) is 0 Å². The van der Waals surface area contributed by atoms with Crippen molar-refractivity contribution in [2.75, 3.05) is 0 Å². The molecule has 0 spiro atoms. The molecule has 1 nitrogen and oxygen atoms in total. The highest BCUT2D eigenvalue weighted by atomic mass is 16.1. The first-order valence-corrected chi connectivity index (χ1v) is 9.96. The Balaban J connectivity index is 2.17. The van der Waals surface area contributed by atoms with Crippen LogP contribution in [0, 0.1) is 29.6 Å². The third-order valence-corrected chi connectivity index (χ3v) is 6.14. The average molecular weight is 309 g/mol. The van der Waals surface area contributed by atoms with Crippen molar-refractivity contribution in [3.63, 3.8) is 0 Å². The van der Waals surface area contributed by atoms with Crippen LogP contribution < -0.4 is 0 Å². The van der Waals surface area contributed by atoms with Crippen LogP contribution in [0.25, 0.3) is 0 Å². The second-order valence-electron chi connectivity index (χ2n) is 8.42. The van der Waals surface area contributed by atoms with Crippen LogP contribution in [0.2, 0.25) is 0 Å². The summed E-state index contributed by atoms with van der Waals surface area (Å²) in [6.45, 7) is 11.6. The van der Waals surface area contributed by atoms with Crippen molar-refractivity contribution in [1.29, 1.82) is 0 Å². The van der Waals surface area contributed by atoms with E-state index in [0.717, 1.165) is 30.6 Å². The van der Waals surface area contributed by atoms with Crippen LogP contribution in [-0.2, 0) is 4.79 Å². The van der Waals surface area contributed by atoms with Crippen LogP contribution in [0.4, 0.5) is 0 Å². The first-order valence-electron chi connectivity index (χ1n) is 9.96. The van der Waals surface area contributed by atoms with Crippen molar-refractivity contribution in [1.82, 2.24) is 0 Å². The van der Waals surface area contributed by atoms with Gasteiger partial charge in [0, 0.05) is 12.3 Å². The van der Waals surface area contributed by atoms with Crippen molar-refractivity contribution < 1.29 is 4.79 Å². The maximum atomic E-state index is 12.4. The Morgan fingerprint density at radius 2 is 1.59 bits per heavy atom. The van der Waals surface area contributed by atoms with Crippen LogP contribution in [0.15, 0.2) is 0 Å². The molecule has 1 unspecified atom stereocenters. The molecular formula is C21H40O. The highest BCUT2D eigenvalue weighted by molar-refractivity contribution is 5.81. The van der Waals surface area contributed by atoms with E-state index >= 15 is 0 Å². The molecule has 130 valence electrons. The van der Waals surface area contributed by atoms with Gasteiger partial charge in [-0.15, -0.1) is 0 Å². The van der Waals surface area contributed by atoms with E-state index < -0.39 is 0 Å². The lowest BCUT2D eigenvalue weighted by Gasteiger charge is -2.27. The first-order chi connectivity index (χ1) is 10.4. The molecule has 1 heteroatoms. The van der Waals surface area contributed by atoms with E-state index in [-0.39, 0.29) is 0 Å². The van der Waals surface area contributed by atoms with Crippen molar-refractivity contribution in [3.05, 3.63) is 0 Å². The molecule has 2 atom stereocenters. The summed E-state index contributed by atoms with van der Waals surface area (Å²) in [6, 6.07) is 0. The first kappa shape index (κ1) is 19.7. The van der Waals surface area contributed by atoms with Crippen molar-refractivity contribution >= 4 is 5.78 Å². The Kier molecular flexibility index (Phi) is 9.36. The summed E-state index contributed by atoms with van der Waals surface area (Å²) in [6.07, 6.45) is 12.1. The van der Waals surface area contributed by atoms with Gasteiger partial charge in [0.05, 0.1) is 0 Å². The summed E-state index contributed by atoms with van der Waals surface area (Å²) in [5.74, 6) is 4.18. The van der Waals surface area contributed by atoms with Gasteiger partial charge < -0.3 is 0 Å². The van der Waals surface area contributed by atoms with E-state index in [0.29, 0.717) is 17.6 Å². The van der Waals surface area contributed by atoms with Crippen LogP contribution in [-0.4, -0.2) is 5.78 Å². The minimum Gasteiger partial charge on any atom is -0.299 e. The Morgan fingerprint density at radius 1 is 0.955 bits per heavy atom. The van der Waals surface area contributed by atoms with Crippen LogP contribution in [0.3, 0.4) is 0 Å². The van der Waals surface area contributed by atoms with Gasteiger partial charge in [0.25, 0.3) is 0 Å². The van der Waals surface area contributed by atoms with Gasteiger partial charge in [-0.05, 0) is 55.8 Å². The highest BCUT2D eigenvalue weighted by Gasteiger charge is 2.25. The minimum absolute atomic E-state index is 0.398. The van der Waals surface area contributed by atoms with E-state index in [1.165, 1.54) is 51.4 Å². The summed E-state index contributed by atoms with van der Waals surface area (Å²) in [5, 5.41) is 0. The summed E-state index contributed by atoms with van der Waals surface area (Å²) in [7, 11) is 0. The standard InChI is InChI=1S/C21H40O/c1-6-7-19-11-13-20(14-12-19)21(22)15-9-17(4)8-10-18(5)16(2)3/h16-20H,6-15H2,1-5H3/t17?,18-,19-,20+/m0/s1. The number of hydrogen-bond acceptors (Lipinski definition) is 1. The maximum Gasteiger partial charge on any atom is 0.135 e. The maximum absolute atomic E-state index is 12.4. The molecule has 1 saturated carbocycles. The molecule has 0 bridgehead atoms. The highest BCUT2D eigenvalue weighted by Crippen LogP contribution is 2.33. The van der Waals surface area contributed by atoms with Crippen LogP contribution >= 0.6 is 0 Å². The summed E-state index contributed by atoms with van der Waals surface area (Å²) in [5.41, 5.74) is 0. The lowest BCUT2D eigenvalue weighted by atomic mass is 9.77. The second kappa shape index (κ2) is 10.4. The molecule has 0 aromatic carbocycles. The van der Waals surface area contributed by atoms with Gasteiger partial charge in [0.2, 0.25) is 0 Å². The normalized spacial score (nSPS) is 25.2. The number of hydrogen-bond donors (Lipinski definition) is 0. The molecule has 1 rings (SSSR count). The predicted octanol–water partition coefficient (Wildman–Crippen LogP) is 6.65. The van der Waals surface area contributed by atoms with E-state index in [9.17, 15) is 4.79 Å². The van der Waals surface area contributed by atoms with Gasteiger partial charge >= 0.3 is 0 Å². The lowest BCUT2D eigenvalue weighted by molar-refractivity contribution is -0.124. The fraction of sp³-hybridized carbons (Fsp3) is 0.952. The molecule has 0 heterocycles. The third kappa shape index (κ3) is 7.29. The topological polar surface area (TPSA) is 17.1 Å². The molecule has 1 fully saturated rings. The number of carbonyl (C=O) groups is 1. The summed E-state index contributed by atoms with van der Waals surface area (Å²) < 4.78 is 0. The minimum atomic E-state index is 0.398. The van der Waals surface area contributed by atoms with Gasteiger partial charge in [-0.3, -0.25) is 4.79 Å². The lowest BCUT2D eigenvalue weighted by Crippen LogP contribution is -2.22. The van der Waals surface area contributed by atoms with Gasteiger partial charge in [-0.1, -0.05) is 60.3 Å². The number of Topliss-reactive ketones (excluding diaryl/α,β-unsaturated/α-hetero) is 1. The molecule has 0 N–H and O–H groups in total. The largest absolute Gasteiger partial charge is 0.299 e. The van der Waals surface area contributed by atoms with E-state index in [2.05, 4.69) is 34.6 Å². The molecule has 0 amide bonds. The SMILES string of the molecule is CCC[C@H]1CC[C@@H](C(=O)CCC(C)CC[C@H](C)C(C)C)CC1. The van der Waals surface area contributed by atoms with E-state index in [1.807, 2.05) is 0 Å². The molecule has 22 heavy (non-hydrogen) atoms. The van der Waals surface area contributed by atoms with Crippen molar-refractivity contribution in [2.45, 2.75) is 98.8 Å². The quantitative estimate of drug-likeness (QED) is 0.441. The van der Waals surface area contributed by atoms with E-state index in [4.69, 9.17) is 0 Å². The summed E-state index contributed by atoms with van der Waals surface area (Å²) >= 11 is 0. The second-order valence-corrected chi connectivity index (χ2v) is 8.42. The zero-order valence-electron chi connectivity index (χ0n) is 15.9. The van der Waals surface area contributed by atoms with Crippen molar-refractivity contribution in [2.24, 2.45) is 29.6 Å². The number of ketones is 1. The molecular weight excluding hydrogens is 268 g/mol. The van der Waals surface area contributed by atoms with Gasteiger partial charge in [-0.2, -0.15) is 0 Å². The van der Waals surface area contributed by atoms with Crippen LogP contribution in [0.1, 0.15) is 98.8 Å². The Bertz CT molecular complexity index is 299. The zero-order chi connectivity index (χ0) is 16.5. The average Bonchev–Trinajstić information content (AvgIpc) is 2.51. The zero-order valence-corrected chi connectivity index (χ0v) is 15.9. The molecule has 0 aromatic heterocycles. The Morgan fingerprint density at radius 3 is 2.14 bits per heavy atom. The smallest absolute Gasteiger partial charge is 0.135 e. The third-order valence-electron chi connectivity index (χ3n) is 6.14. The predicted molar refractivity (Wildman–Crippen MR) is 97.0 cm³/mol. The van der Waals surface area contributed by atoms with Crippen LogP contribution in [0.5, 0.6) is 0 Å². The number of carbonyl (C=O) groups excluding carboxylic acids is 1. The molecule has 1 aliphatic carbocycles.